The predicted octanol–water partition coefficient (Wildman–Crippen LogP) is 3.26. The van der Waals surface area contributed by atoms with E-state index in [4.69, 9.17) is 10.00 Å². The van der Waals surface area contributed by atoms with Crippen LogP contribution in [-0.4, -0.2) is 32.8 Å². The monoisotopic (exact) mass is 454 g/mol. The molecule has 1 aromatic carbocycles. The lowest BCUT2D eigenvalue weighted by Crippen LogP contribution is -2.21. The average molecular weight is 454 g/mol. The molecule has 0 aliphatic carbocycles. The van der Waals surface area contributed by atoms with Gasteiger partial charge in [-0.15, -0.1) is 0 Å². The molecule has 0 aliphatic rings. The molecule has 0 saturated carbocycles. The van der Waals surface area contributed by atoms with E-state index < -0.39 is 28.9 Å². The first-order chi connectivity index (χ1) is 15.7. The number of hydrogen-bond donors (Lipinski definition) is 2. The third-order valence-electron chi connectivity index (χ3n) is 4.73. The summed E-state index contributed by atoms with van der Waals surface area (Å²) in [7, 11) is 1.30. The fourth-order valence-electron chi connectivity index (χ4n) is 3.32. The number of nitrogens with one attached hydrogen (secondary N) is 2. The minimum atomic E-state index is -4.96. The number of rotatable bonds is 4. The Hall–Kier alpha value is -4.66. The van der Waals surface area contributed by atoms with Crippen molar-refractivity contribution in [2.45, 2.75) is 6.18 Å². The van der Waals surface area contributed by atoms with Gasteiger partial charge in [0.25, 0.3) is 11.5 Å². The predicted molar refractivity (Wildman–Crippen MR) is 110 cm³/mol. The number of nitriles is 1. The Morgan fingerprint density at radius 3 is 2.73 bits per heavy atom. The number of aromatic amines is 1. The Labute approximate surface area is 183 Å². The van der Waals surface area contributed by atoms with Gasteiger partial charge in [-0.25, -0.2) is 9.67 Å². The molecule has 3 heterocycles. The molecule has 0 atom stereocenters. The molecule has 12 heteroatoms. The van der Waals surface area contributed by atoms with Gasteiger partial charge in [0.05, 0.1) is 36.4 Å². The topological polar surface area (TPSA) is 126 Å². The second-order valence-electron chi connectivity index (χ2n) is 6.71. The van der Waals surface area contributed by atoms with Crippen molar-refractivity contribution in [3.8, 4) is 17.6 Å². The van der Waals surface area contributed by atoms with Crippen LogP contribution in [0.15, 0.2) is 53.7 Å². The van der Waals surface area contributed by atoms with Crippen LogP contribution in [0.5, 0.6) is 5.88 Å². The van der Waals surface area contributed by atoms with Crippen molar-refractivity contribution < 1.29 is 22.7 Å². The number of alkyl halides is 3. The highest BCUT2D eigenvalue weighted by molar-refractivity contribution is 6.05. The van der Waals surface area contributed by atoms with E-state index in [2.05, 4.69) is 20.4 Å². The fourth-order valence-corrected chi connectivity index (χ4v) is 3.32. The summed E-state index contributed by atoms with van der Waals surface area (Å²) in [5, 5.41) is 15.6. The molecule has 4 rings (SSSR count). The first-order valence-corrected chi connectivity index (χ1v) is 9.26. The van der Waals surface area contributed by atoms with Crippen LogP contribution in [0.25, 0.3) is 16.5 Å². The fraction of sp³-hybridized carbons (Fsp3) is 0.0952. The lowest BCUT2D eigenvalue weighted by molar-refractivity contribution is -0.143. The normalized spacial score (nSPS) is 11.2. The standard InChI is InChI=1S/C21H13F3N6O3/c1-33-20-11(8-25)7-12(9-27-20)29-19(32)15-10-28-30(17(15)21(22,23)24)16-4-2-3-14-13(16)5-6-26-18(14)31/h2-7,9-10H,1H3,(H,26,31)(H,29,32). The molecule has 9 nitrogen and oxygen atoms in total. The van der Waals surface area contributed by atoms with Crippen LogP contribution in [-0.2, 0) is 6.18 Å². The van der Waals surface area contributed by atoms with Gasteiger partial charge in [-0.3, -0.25) is 9.59 Å². The molecular formula is C21H13F3N6O3. The molecule has 166 valence electrons. The van der Waals surface area contributed by atoms with Crippen LogP contribution in [0.4, 0.5) is 18.9 Å². The average Bonchev–Trinajstić information content (AvgIpc) is 3.25. The third-order valence-corrected chi connectivity index (χ3v) is 4.73. The van der Waals surface area contributed by atoms with Gasteiger partial charge in [-0.2, -0.15) is 23.5 Å². The zero-order valence-corrected chi connectivity index (χ0v) is 16.8. The van der Waals surface area contributed by atoms with E-state index in [0.29, 0.717) is 4.68 Å². The number of methoxy groups -OCH3 is 1. The summed E-state index contributed by atoms with van der Waals surface area (Å²) in [4.78, 5) is 31.1. The van der Waals surface area contributed by atoms with Gasteiger partial charge in [-0.1, -0.05) is 6.07 Å². The number of hydrogen-bond acceptors (Lipinski definition) is 6. The van der Waals surface area contributed by atoms with Gasteiger partial charge in [0.2, 0.25) is 5.88 Å². The SMILES string of the molecule is COc1ncc(NC(=O)c2cnn(-c3cccc4c(=O)[nH]ccc34)c2C(F)(F)F)cc1C#N. The molecule has 3 aromatic heterocycles. The number of benzene rings is 1. The zero-order valence-electron chi connectivity index (χ0n) is 16.8. The lowest BCUT2D eigenvalue weighted by Gasteiger charge is -2.14. The number of aromatic nitrogens is 4. The zero-order chi connectivity index (χ0) is 23.8. The molecule has 2 N–H and O–H groups in total. The summed E-state index contributed by atoms with van der Waals surface area (Å²) in [5.41, 5.74) is -2.59. The van der Waals surface area contributed by atoms with Crippen molar-refractivity contribution in [1.82, 2.24) is 19.7 Å². The van der Waals surface area contributed by atoms with Gasteiger partial charge in [0, 0.05) is 17.0 Å². The van der Waals surface area contributed by atoms with E-state index in [1.807, 2.05) is 6.07 Å². The van der Waals surface area contributed by atoms with Gasteiger partial charge < -0.3 is 15.0 Å². The van der Waals surface area contributed by atoms with E-state index in [9.17, 15) is 22.8 Å². The van der Waals surface area contributed by atoms with E-state index in [1.165, 1.54) is 43.6 Å². The van der Waals surface area contributed by atoms with Crippen LogP contribution in [0, 0.1) is 11.3 Å². The largest absolute Gasteiger partial charge is 0.480 e. The van der Waals surface area contributed by atoms with Crippen molar-refractivity contribution in [1.29, 1.82) is 5.26 Å². The van der Waals surface area contributed by atoms with E-state index in [1.54, 1.807) is 0 Å². The number of halogens is 3. The maximum absolute atomic E-state index is 14.0. The molecular weight excluding hydrogens is 441 g/mol. The number of ether oxygens (including phenoxy) is 1. The Kier molecular flexibility index (Phi) is 5.31. The van der Waals surface area contributed by atoms with Crippen molar-refractivity contribution >= 4 is 22.4 Å². The Bertz CT molecular complexity index is 1480. The van der Waals surface area contributed by atoms with Crippen LogP contribution in [0.1, 0.15) is 21.6 Å². The summed E-state index contributed by atoms with van der Waals surface area (Å²) in [6, 6.07) is 8.73. The second kappa shape index (κ2) is 8.12. The molecule has 0 bridgehead atoms. The van der Waals surface area contributed by atoms with Crippen LogP contribution >= 0.6 is 0 Å². The first-order valence-electron chi connectivity index (χ1n) is 9.26. The quantitative estimate of drug-likeness (QED) is 0.488. The highest BCUT2D eigenvalue weighted by Gasteiger charge is 2.41. The number of carbonyl (C=O) groups is 1. The number of fused-ring (bicyclic) bond motifs is 1. The van der Waals surface area contributed by atoms with Crippen LogP contribution in [0.3, 0.4) is 0 Å². The van der Waals surface area contributed by atoms with Gasteiger partial charge in [0.15, 0.2) is 5.69 Å². The number of carbonyl (C=O) groups excluding carboxylic acids is 1. The molecule has 0 aliphatic heterocycles. The van der Waals surface area contributed by atoms with Crippen LogP contribution < -0.4 is 15.6 Å². The number of pyridine rings is 2. The number of anilines is 1. The molecule has 4 aromatic rings. The first kappa shape index (κ1) is 21.6. The third kappa shape index (κ3) is 3.87. The molecule has 0 fully saturated rings. The van der Waals surface area contributed by atoms with Crippen molar-refractivity contribution in [3.05, 3.63) is 76.1 Å². The number of amides is 1. The van der Waals surface area contributed by atoms with E-state index in [-0.39, 0.29) is 33.6 Å². The van der Waals surface area contributed by atoms with E-state index >= 15 is 0 Å². The van der Waals surface area contributed by atoms with Crippen molar-refractivity contribution in [2.24, 2.45) is 0 Å². The van der Waals surface area contributed by atoms with Gasteiger partial charge in [0.1, 0.15) is 11.6 Å². The Balaban J connectivity index is 1.81. The molecule has 0 spiro atoms. The maximum Gasteiger partial charge on any atom is 0.434 e. The highest BCUT2D eigenvalue weighted by Crippen LogP contribution is 2.35. The number of nitrogens with zero attached hydrogens (tertiary/aromatic N) is 4. The van der Waals surface area contributed by atoms with E-state index in [0.717, 1.165) is 12.4 Å². The smallest absolute Gasteiger partial charge is 0.434 e. The summed E-state index contributed by atoms with van der Waals surface area (Å²) < 4.78 is 47.6. The van der Waals surface area contributed by atoms with Gasteiger partial charge >= 0.3 is 6.18 Å². The maximum atomic E-state index is 14.0. The van der Waals surface area contributed by atoms with Crippen molar-refractivity contribution in [2.75, 3.05) is 12.4 Å². The van der Waals surface area contributed by atoms with Gasteiger partial charge in [-0.05, 0) is 24.3 Å². The van der Waals surface area contributed by atoms with Crippen molar-refractivity contribution in [3.63, 3.8) is 0 Å². The molecule has 1 amide bonds. The molecule has 33 heavy (non-hydrogen) atoms. The number of H-pyrrole nitrogens is 1. The Morgan fingerprint density at radius 1 is 1.24 bits per heavy atom. The summed E-state index contributed by atoms with van der Waals surface area (Å²) >= 11 is 0. The molecule has 0 unspecified atom stereocenters. The Morgan fingerprint density at radius 2 is 2.03 bits per heavy atom. The summed E-state index contributed by atoms with van der Waals surface area (Å²) in [6.07, 6.45) is -1.72. The lowest BCUT2D eigenvalue weighted by atomic mass is 10.1. The molecule has 0 radical (unpaired) electrons. The summed E-state index contributed by atoms with van der Waals surface area (Å²) in [6.45, 7) is 0. The minimum Gasteiger partial charge on any atom is -0.480 e. The second-order valence-corrected chi connectivity index (χ2v) is 6.71. The van der Waals surface area contributed by atoms with Crippen LogP contribution in [0.2, 0.25) is 0 Å². The molecule has 0 saturated heterocycles. The minimum absolute atomic E-state index is 0.00470. The summed E-state index contributed by atoms with van der Waals surface area (Å²) in [5.74, 6) is -1.10. The highest BCUT2D eigenvalue weighted by atomic mass is 19.4.